The fraction of sp³-hybridized carbons (Fsp3) is 0.289. The molecule has 1 heterocycles. The minimum absolute atomic E-state index is 0.0769. The molecule has 2 fully saturated rings. The molecule has 0 unspecified atom stereocenters. The summed E-state index contributed by atoms with van der Waals surface area (Å²) >= 11 is 0. The Kier molecular flexibility index (Phi) is 7.53. The molecule has 10 heteroatoms. The maximum absolute atomic E-state index is 15.1. The number of carbonyl (C=O) groups is 5. The maximum Gasteiger partial charge on any atom is 0.423 e. The molecular weight excluding hydrogens is 614 g/mol. The Balaban J connectivity index is 1.53. The van der Waals surface area contributed by atoms with Crippen LogP contribution in [0.4, 0.5) is 4.79 Å². The fourth-order valence-corrected chi connectivity index (χ4v) is 8.60. The summed E-state index contributed by atoms with van der Waals surface area (Å²) in [6, 6.07) is 21.3. The molecular formula is C38H33NO9. The lowest BCUT2D eigenvalue weighted by atomic mass is 9.44. The SMILES string of the molecule is COC(=O)N1C(=O)[C@H]2[C@H](CC=C3[C@H]2C[C@H]2C(=O)C(c4ccccc4)=CC(=O)[C@@]2(c2ccccc2)[C@H]3c2cc(OC)c(O)c(OC)c2)C1=O. The number of rotatable bonds is 5. The molecule has 10 nitrogen and oxygen atoms in total. The first-order valence-electron chi connectivity index (χ1n) is 15.7. The number of nitrogens with zero attached hydrogens (tertiary/aromatic N) is 1. The van der Waals surface area contributed by atoms with Crippen LogP contribution in [0.15, 0.2) is 90.5 Å². The third-order valence-electron chi connectivity index (χ3n) is 10.6. The standard InChI is InChI=1S/C38H33NO9/c1-46-28-16-21(17-29(47-2)34(28)42)32-23-14-15-24-31(36(44)39(35(24)43)37(45)48-3)26(23)18-27-33(41)25(20-10-6-4-7-11-20)19-30(40)38(27,32)22-12-8-5-9-13-22/h4-14,16-17,19,24,26-27,31-32,42H,15,18H2,1-3H3/t24-,26+,27-,31-,32-,38-/m0/s1. The van der Waals surface area contributed by atoms with E-state index in [9.17, 15) is 24.3 Å². The van der Waals surface area contributed by atoms with Crippen LogP contribution in [-0.4, -0.2) is 60.8 Å². The molecule has 0 radical (unpaired) electrons. The van der Waals surface area contributed by atoms with Gasteiger partial charge in [0.15, 0.2) is 23.1 Å². The van der Waals surface area contributed by atoms with Crippen molar-refractivity contribution >= 4 is 35.0 Å². The van der Waals surface area contributed by atoms with Crippen molar-refractivity contribution in [1.29, 1.82) is 0 Å². The Hall–Kier alpha value is -5.51. The van der Waals surface area contributed by atoms with Crippen LogP contribution in [0.5, 0.6) is 17.2 Å². The van der Waals surface area contributed by atoms with Crippen LogP contribution in [0.1, 0.15) is 35.4 Å². The highest BCUT2D eigenvalue weighted by molar-refractivity contribution is 6.31. The smallest absolute Gasteiger partial charge is 0.423 e. The molecule has 244 valence electrons. The zero-order chi connectivity index (χ0) is 33.9. The molecule has 3 aromatic rings. The normalized spacial score (nSPS) is 27.7. The minimum Gasteiger partial charge on any atom is -0.502 e. The number of ketones is 2. The third-order valence-corrected chi connectivity index (χ3v) is 10.6. The Morgan fingerprint density at radius 1 is 0.854 bits per heavy atom. The van der Waals surface area contributed by atoms with E-state index in [0.29, 0.717) is 27.2 Å². The molecule has 3 aromatic carbocycles. The fourth-order valence-electron chi connectivity index (χ4n) is 8.60. The number of phenols is 1. The predicted molar refractivity (Wildman–Crippen MR) is 172 cm³/mol. The Labute approximate surface area is 276 Å². The number of Topliss-reactive ketones (excluding diaryl/α,β-unsaturated/α-hetero) is 1. The number of likely N-dealkylation sites (tertiary alicyclic amines) is 1. The number of hydrogen-bond donors (Lipinski definition) is 1. The number of allylic oxidation sites excluding steroid dienone is 4. The molecule has 1 aliphatic heterocycles. The molecule has 1 saturated heterocycles. The summed E-state index contributed by atoms with van der Waals surface area (Å²) in [6.45, 7) is 0. The second-order valence-electron chi connectivity index (χ2n) is 12.5. The zero-order valence-corrected chi connectivity index (χ0v) is 26.5. The summed E-state index contributed by atoms with van der Waals surface area (Å²) < 4.78 is 15.9. The number of benzene rings is 3. The molecule has 7 rings (SSSR count). The number of amides is 3. The van der Waals surface area contributed by atoms with E-state index in [1.807, 2.05) is 42.5 Å². The second-order valence-corrected chi connectivity index (χ2v) is 12.5. The van der Waals surface area contributed by atoms with Crippen molar-refractivity contribution in [3.63, 3.8) is 0 Å². The van der Waals surface area contributed by atoms with Gasteiger partial charge in [-0.2, -0.15) is 4.90 Å². The van der Waals surface area contributed by atoms with E-state index in [1.165, 1.54) is 20.3 Å². The van der Waals surface area contributed by atoms with Gasteiger partial charge in [0.1, 0.15) is 0 Å². The highest BCUT2D eigenvalue weighted by Crippen LogP contribution is 2.64. The summed E-state index contributed by atoms with van der Waals surface area (Å²) in [5, 5.41) is 10.9. The van der Waals surface area contributed by atoms with Crippen molar-refractivity contribution in [2.45, 2.75) is 24.2 Å². The molecule has 4 aliphatic rings. The third kappa shape index (κ3) is 4.28. The number of carbonyl (C=O) groups excluding carboxylic acids is 5. The first kappa shape index (κ1) is 31.1. The molecule has 1 N–H and O–H groups in total. The van der Waals surface area contributed by atoms with Gasteiger partial charge in [0.25, 0.3) is 0 Å². The van der Waals surface area contributed by atoms with Crippen LogP contribution in [0, 0.1) is 23.7 Å². The number of imide groups is 3. The van der Waals surface area contributed by atoms with Crippen molar-refractivity contribution in [3.8, 4) is 17.2 Å². The number of fused-ring (bicyclic) bond motifs is 4. The number of methoxy groups -OCH3 is 3. The van der Waals surface area contributed by atoms with Crippen LogP contribution < -0.4 is 9.47 Å². The lowest BCUT2D eigenvalue weighted by Crippen LogP contribution is -2.58. The number of ether oxygens (including phenoxy) is 3. The maximum atomic E-state index is 15.1. The van der Waals surface area contributed by atoms with Gasteiger partial charge in [0.05, 0.1) is 38.6 Å². The van der Waals surface area contributed by atoms with E-state index in [4.69, 9.17) is 14.2 Å². The Morgan fingerprint density at radius 2 is 1.48 bits per heavy atom. The van der Waals surface area contributed by atoms with Gasteiger partial charge in [-0.15, -0.1) is 0 Å². The predicted octanol–water partition coefficient (Wildman–Crippen LogP) is 5.00. The van der Waals surface area contributed by atoms with E-state index < -0.39 is 52.9 Å². The largest absolute Gasteiger partial charge is 0.502 e. The van der Waals surface area contributed by atoms with Gasteiger partial charge >= 0.3 is 6.09 Å². The molecule has 0 aromatic heterocycles. The van der Waals surface area contributed by atoms with Crippen LogP contribution >= 0.6 is 0 Å². The minimum atomic E-state index is -1.48. The molecule has 6 atom stereocenters. The average molecular weight is 648 g/mol. The van der Waals surface area contributed by atoms with Gasteiger partial charge in [0, 0.05) is 17.4 Å². The topological polar surface area (TPSA) is 137 Å². The molecule has 3 aliphatic carbocycles. The summed E-state index contributed by atoms with van der Waals surface area (Å²) in [5.74, 6) is -6.23. The summed E-state index contributed by atoms with van der Waals surface area (Å²) in [4.78, 5) is 70.7. The Bertz CT molecular complexity index is 1910. The molecule has 48 heavy (non-hydrogen) atoms. The number of phenolic OH excluding ortho intramolecular Hbond substituents is 1. The van der Waals surface area contributed by atoms with Gasteiger partial charge < -0.3 is 19.3 Å². The second kappa shape index (κ2) is 11.6. The van der Waals surface area contributed by atoms with E-state index in [-0.39, 0.29) is 47.2 Å². The monoisotopic (exact) mass is 647 g/mol. The Morgan fingerprint density at radius 3 is 2.08 bits per heavy atom. The molecule has 0 spiro atoms. The quantitative estimate of drug-likeness (QED) is 0.300. The van der Waals surface area contributed by atoms with E-state index in [1.54, 1.807) is 36.4 Å². The lowest BCUT2D eigenvalue weighted by molar-refractivity contribution is -0.138. The van der Waals surface area contributed by atoms with Crippen molar-refractivity contribution in [2.24, 2.45) is 23.7 Å². The van der Waals surface area contributed by atoms with E-state index >= 15 is 4.79 Å². The number of aromatic hydroxyl groups is 1. The van der Waals surface area contributed by atoms with E-state index in [0.717, 1.165) is 7.11 Å². The van der Waals surface area contributed by atoms with Crippen molar-refractivity contribution in [2.75, 3.05) is 21.3 Å². The molecule has 1 saturated carbocycles. The summed E-state index contributed by atoms with van der Waals surface area (Å²) in [7, 11) is 3.90. The van der Waals surface area contributed by atoms with Gasteiger partial charge in [-0.25, -0.2) is 4.79 Å². The summed E-state index contributed by atoms with van der Waals surface area (Å²) in [6.07, 6.45) is 2.47. The van der Waals surface area contributed by atoms with Crippen LogP contribution in [-0.2, 0) is 29.3 Å². The molecule has 0 bridgehead atoms. The lowest BCUT2D eigenvalue weighted by Gasteiger charge is -2.55. The summed E-state index contributed by atoms with van der Waals surface area (Å²) in [5.41, 5.74) is 1.20. The molecule has 3 amide bonds. The van der Waals surface area contributed by atoms with Gasteiger partial charge in [-0.05, 0) is 53.7 Å². The van der Waals surface area contributed by atoms with Gasteiger partial charge in [-0.1, -0.05) is 72.3 Å². The van der Waals surface area contributed by atoms with Crippen LogP contribution in [0.3, 0.4) is 0 Å². The van der Waals surface area contributed by atoms with Gasteiger partial charge in [0.2, 0.25) is 17.6 Å². The van der Waals surface area contributed by atoms with Gasteiger partial charge in [-0.3, -0.25) is 19.2 Å². The van der Waals surface area contributed by atoms with Crippen LogP contribution in [0.2, 0.25) is 0 Å². The van der Waals surface area contributed by atoms with E-state index in [2.05, 4.69) is 0 Å². The van der Waals surface area contributed by atoms with Crippen molar-refractivity contribution in [3.05, 3.63) is 107 Å². The first-order valence-corrected chi connectivity index (χ1v) is 15.7. The van der Waals surface area contributed by atoms with Crippen molar-refractivity contribution < 1.29 is 43.3 Å². The van der Waals surface area contributed by atoms with Crippen LogP contribution in [0.25, 0.3) is 5.57 Å². The van der Waals surface area contributed by atoms with Crippen molar-refractivity contribution in [1.82, 2.24) is 4.90 Å². The average Bonchev–Trinajstić information content (AvgIpc) is 3.38. The number of hydrogen-bond acceptors (Lipinski definition) is 9. The zero-order valence-electron chi connectivity index (χ0n) is 26.5. The highest BCUT2D eigenvalue weighted by atomic mass is 16.5. The first-order chi connectivity index (χ1) is 23.2. The highest BCUT2D eigenvalue weighted by Gasteiger charge is 2.66.